The van der Waals surface area contributed by atoms with Crippen LogP contribution in [0.4, 0.5) is 0 Å². The summed E-state index contributed by atoms with van der Waals surface area (Å²) < 4.78 is 22.3. The van der Waals surface area contributed by atoms with Gasteiger partial charge in [-0.1, -0.05) is 38.1 Å². The third-order valence-corrected chi connectivity index (χ3v) is 7.54. The molecule has 0 aromatic heterocycles. The maximum Gasteiger partial charge on any atom is 0.349 e. The SMILES string of the molecule is CC(C)C(O)COc1ccc(/C=C(\C#N)C(=O)OCCCCC(C)(N)OCCCCC(C)(C)OC(=O)/C(C#N)=C/c2ccc(O)cc2)cc1. The van der Waals surface area contributed by atoms with Gasteiger partial charge in [0.1, 0.15) is 52.7 Å². The lowest BCUT2D eigenvalue weighted by Crippen LogP contribution is -2.39. The summed E-state index contributed by atoms with van der Waals surface area (Å²) in [6.07, 6.45) is 5.93. The number of ether oxygens (including phenoxy) is 4. The second kappa shape index (κ2) is 20.0. The van der Waals surface area contributed by atoms with Gasteiger partial charge >= 0.3 is 11.9 Å². The maximum absolute atomic E-state index is 12.6. The molecule has 0 bridgehead atoms. The molecule has 0 heterocycles. The number of aliphatic hydroxyl groups excluding tert-OH is 1. The number of phenolic OH excluding ortho intramolecular Hbond substituents is 1. The van der Waals surface area contributed by atoms with Crippen LogP contribution in [0.3, 0.4) is 0 Å². The minimum Gasteiger partial charge on any atom is -0.508 e. The van der Waals surface area contributed by atoms with E-state index in [1.165, 1.54) is 24.3 Å². The molecular weight excluding hydrogens is 626 g/mol. The lowest BCUT2D eigenvalue weighted by atomic mass is 10.0. The van der Waals surface area contributed by atoms with E-state index in [1.807, 2.05) is 26.0 Å². The molecule has 0 aliphatic heterocycles. The number of carbonyl (C=O) groups excluding carboxylic acids is 2. The Hall–Kier alpha value is -4.68. The van der Waals surface area contributed by atoms with Gasteiger partial charge in [-0.3, -0.25) is 0 Å². The van der Waals surface area contributed by atoms with Gasteiger partial charge < -0.3 is 34.9 Å². The minimum atomic E-state index is -0.882. The summed E-state index contributed by atoms with van der Waals surface area (Å²) in [4.78, 5) is 25.0. The van der Waals surface area contributed by atoms with Crippen LogP contribution in [0.25, 0.3) is 12.2 Å². The molecule has 0 fully saturated rings. The molecule has 2 atom stereocenters. The highest BCUT2D eigenvalue weighted by Gasteiger charge is 2.25. The molecule has 0 radical (unpaired) electrons. The normalized spacial score (nSPS) is 13.9. The number of nitrogens with zero attached hydrogens (tertiary/aromatic N) is 2. The fourth-order valence-electron chi connectivity index (χ4n) is 4.42. The first-order valence-corrected chi connectivity index (χ1v) is 16.4. The number of carbonyl (C=O) groups is 2. The number of aromatic hydroxyl groups is 1. The van der Waals surface area contributed by atoms with Crippen molar-refractivity contribution in [3.63, 3.8) is 0 Å². The number of rotatable bonds is 20. The van der Waals surface area contributed by atoms with Gasteiger partial charge in [0.25, 0.3) is 0 Å². The monoisotopic (exact) mass is 675 g/mol. The number of hydrogen-bond donors (Lipinski definition) is 3. The Balaban J connectivity index is 1.67. The Kier molecular flexibility index (Phi) is 16.5. The Labute approximate surface area is 289 Å². The van der Waals surface area contributed by atoms with Crippen LogP contribution < -0.4 is 10.5 Å². The molecule has 0 spiro atoms. The molecule has 0 aliphatic rings. The quantitative estimate of drug-likeness (QED) is 0.0477. The Morgan fingerprint density at radius 2 is 1.37 bits per heavy atom. The summed E-state index contributed by atoms with van der Waals surface area (Å²) >= 11 is 0. The average Bonchev–Trinajstić information content (AvgIpc) is 3.05. The zero-order chi connectivity index (χ0) is 36.5. The Bertz CT molecular complexity index is 1500. The van der Waals surface area contributed by atoms with E-state index in [2.05, 4.69) is 0 Å². The summed E-state index contributed by atoms with van der Waals surface area (Å²) in [6, 6.07) is 16.7. The van der Waals surface area contributed by atoms with Crippen LogP contribution in [0.15, 0.2) is 59.7 Å². The first-order valence-electron chi connectivity index (χ1n) is 16.4. The van der Waals surface area contributed by atoms with Crippen molar-refractivity contribution in [2.75, 3.05) is 19.8 Å². The van der Waals surface area contributed by atoms with Gasteiger partial charge in [0.15, 0.2) is 0 Å². The second-order valence-corrected chi connectivity index (χ2v) is 13.0. The summed E-state index contributed by atoms with van der Waals surface area (Å²) in [6.45, 7) is 9.87. The van der Waals surface area contributed by atoms with Crippen LogP contribution >= 0.6 is 0 Å². The van der Waals surface area contributed by atoms with E-state index in [-0.39, 0.29) is 36.0 Å². The maximum atomic E-state index is 12.6. The molecule has 49 heavy (non-hydrogen) atoms. The van der Waals surface area contributed by atoms with Crippen molar-refractivity contribution in [3.8, 4) is 23.6 Å². The molecule has 2 aromatic rings. The highest BCUT2D eigenvalue weighted by Crippen LogP contribution is 2.22. The first kappa shape index (κ1) is 40.5. The number of unbranched alkanes of at least 4 members (excludes halogenated alkanes) is 2. The zero-order valence-electron chi connectivity index (χ0n) is 29.1. The summed E-state index contributed by atoms with van der Waals surface area (Å²) in [7, 11) is 0. The fourth-order valence-corrected chi connectivity index (χ4v) is 4.42. The third-order valence-electron chi connectivity index (χ3n) is 7.54. The number of esters is 2. The Morgan fingerprint density at radius 1 is 0.837 bits per heavy atom. The van der Waals surface area contributed by atoms with E-state index < -0.39 is 29.4 Å². The molecule has 11 nitrogen and oxygen atoms in total. The highest BCUT2D eigenvalue weighted by molar-refractivity contribution is 5.98. The van der Waals surface area contributed by atoms with Crippen molar-refractivity contribution in [2.24, 2.45) is 11.7 Å². The van der Waals surface area contributed by atoms with Gasteiger partial charge in [0.05, 0.1) is 12.7 Å². The second-order valence-electron chi connectivity index (χ2n) is 13.0. The molecule has 2 unspecified atom stereocenters. The molecule has 11 heteroatoms. The molecule has 0 saturated carbocycles. The smallest absolute Gasteiger partial charge is 0.349 e. The molecule has 4 N–H and O–H groups in total. The molecule has 2 aromatic carbocycles. The topological polar surface area (TPSA) is 185 Å². The van der Waals surface area contributed by atoms with E-state index in [0.717, 1.165) is 0 Å². The number of phenols is 1. The molecule has 0 aliphatic carbocycles. The van der Waals surface area contributed by atoms with Crippen LogP contribution in [0, 0.1) is 28.6 Å². The van der Waals surface area contributed by atoms with E-state index in [0.29, 0.717) is 62.0 Å². The minimum absolute atomic E-state index is 0.0803. The van der Waals surface area contributed by atoms with Gasteiger partial charge in [0, 0.05) is 6.61 Å². The van der Waals surface area contributed by atoms with Gasteiger partial charge in [-0.25, -0.2) is 9.59 Å². The molecule has 264 valence electrons. The first-order chi connectivity index (χ1) is 23.1. The summed E-state index contributed by atoms with van der Waals surface area (Å²) in [5.74, 6) is -0.683. The number of benzene rings is 2. The van der Waals surface area contributed by atoms with Crippen LogP contribution in [0.5, 0.6) is 11.5 Å². The van der Waals surface area contributed by atoms with Crippen molar-refractivity contribution in [3.05, 3.63) is 70.8 Å². The van der Waals surface area contributed by atoms with E-state index >= 15 is 0 Å². The van der Waals surface area contributed by atoms with Crippen LogP contribution in [-0.4, -0.2) is 59.4 Å². The van der Waals surface area contributed by atoms with Crippen molar-refractivity contribution >= 4 is 24.1 Å². The van der Waals surface area contributed by atoms with Crippen LogP contribution in [0.1, 0.15) is 84.3 Å². The number of nitriles is 2. The van der Waals surface area contributed by atoms with Crippen LogP contribution in [0.2, 0.25) is 0 Å². The summed E-state index contributed by atoms with van der Waals surface area (Å²) in [5, 5.41) is 38.2. The molecule has 0 saturated heterocycles. The van der Waals surface area contributed by atoms with Crippen molar-refractivity contribution in [1.29, 1.82) is 10.5 Å². The van der Waals surface area contributed by atoms with E-state index in [1.54, 1.807) is 57.2 Å². The Morgan fingerprint density at radius 3 is 1.94 bits per heavy atom. The lowest BCUT2D eigenvalue weighted by molar-refractivity contribution is -0.151. The molecule has 2 rings (SSSR count). The van der Waals surface area contributed by atoms with Crippen molar-refractivity contribution in [2.45, 2.75) is 90.6 Å². The van der Waals surface area contributed by atoms with Gasteiger partial charge in [-0.05, 0) is 113 Å². The third kappa shape index (κ3) is 15.8. The van der Waals surface area contributed by atoms with Crippen molar-refractivity contribution < 1.29 is 38.7 Å². The number of aliphatic hydroxyl groups is 1. The van der Waals surface area contributed by atoms with E-state index in [4.69, 9.17) is 24.7 Å². The molecule has 0 amide bonds. The van der Waals surface area contributed by atoms with Gasteiger partial charge in [-0.2, -0.15) is 10.5 Å². The average molecular weight is 676 g/mol. The number of hydrogen-bond acceptors (Lipinski definition) is 11. The zero-order valence-corrected chi connectivity index (χ0v) is 29.1. The van der Waals surface area contributed by atoms with Crippen molar-refractivity contribution in [1.82, 2.24) is 0 Å². The predicted octanol–water partition coefficient (Wildman–Crippen LogP) is 6.20. The summed E-state index contributed by atoms with van der Waals surface area (Å²) in [5.41, 5.74) is 5.60. The lowest BCUT2D eigenvalue weighted by Gasteiger charge is -2.27. The number of nitrogens with two attached hydrogens (primary N) is 1. The van der Waals surface area contributed by atoms with Gasteiger partial charge in [0.2, 0.25) is 0 Å². The van der Waals surface area contributed by atoms with Gasteiger partial charge in [-0.15, -0.1) is 0 Å². The standard InChI is InChI=1S/C38H49N3O8/c1-27(2)34(43)26-47-33-16-12-29(13-17-33)22-30(24-39)35(44)46-20-8-7-19-38(5,41)48-21-9-6-18-37(3,4)49-36(45)31(25-40)23-28-10-14-32(42)15-11-28/h10-17,22-23,27,34,42-43H,6-9,18-21,26,41H2,1-5H3/b30-22+,31-23+. The highest BCUT2D eigenvalue weighted by atomic mass is 16.6. The fraction of sp³-hybridized carbons (Fsp3) is 0.474. The van der Waals surface area contributed by atoms with E-state index in [9.17, 15) is 30.3 Å². The predicted molar refractivity (Wildman–Crippen MR) is 185 cm³/mol. The largest absolute Gasteiger partial charge is 0.508 e. The van der Waals surface area contributed by atoms with Crippen LogP contribution in [-0.2, 0) is 23.8 Å². The molecular formula is C38H49N3O8.